The third-order valence-electron chi connectivity index (χ3n) is 8.26. The molecule has 0 heterocycles. The van der Waals surface area contributed by atoms with Crippen LogP contribution in [-0.4, -0.2) is 89.8 Å². The van der Waals surface area contributed by atoms with Crippen molar-refractivity contribution in [2.24, 2.45) is 0 Å². The molecule has 0 aliphatic heterocycles. The molecule has 4 amide bonds. The van der Waals surface area contributed by atoms with Crippen LogP contribution in [0.25, 0.3) is 0 Å². The zero-order chi connectivity index (χ0) is 34.4. The predicted molar refractivity (Wildman–Crippen MR) is 180 cm³/mol. The second-order valence-corrected chi connectivity index (χ2v) is 25.1. The Kier molecular flexibility index (Phi) is 20.6. The second-order valence-electron chi connectivity index (χ2n) is 11.9. The van der Waals surface area contributed by atoms with E-state index in [1.807, 2.05) is 12.1 Å². The molecule has 0 fully saturated rings. The molecule has 0 radical (unpaired) electrons. The summed E-state index contributed by atoms with van der Waals surface area (Å²) in [4.78, 5) is 70.8. The Labute approximate surface area is 277 Å². The Morgan fingerprint density at radius 2 is 1.46 bits per heavy atom. The second kappa shape index (κ2) is 23.2. The van der Waals surface area contributed by atoms with Gasteiger partial charge in [-0.3, -0.25) is 19.2 Å². The van der Waals surface area contributed by atoms with Gasteiger partial charge in [0.2, 0.25) is 12.3 Å². The fraction of sp³-hybridized carbons (Fsp3) is 0.636. The topological polar surface area (TPSA) is 191 Å². The summed E-state index contributed by atoms with van der Waals surface area (Å²) in [5.74, 6) is -4.02. The van der Waals surface area contributed by atoms with Gasteiger partial charge in [-0.25, -0.2) is 0 Å². The van der Waals surface area contributed by atoms with Gasteiger partial charge in [0.1, 0.15) is 6.04 Å². The number of carboxylic acid groups (broad SMARTS) is 2. The van der Waals surface area contributed by atoms with Gasteiger partial charge in [0.25, 0.3) is 0 Å². The molecule has 12 nitrogen and oxygen atoms in total. The molecule has 0 aliphatic carbocycles. The Morgan fingerprint density at radius 1 is 0.826 bits per heavy atom. The van der Waals surface area contributed by atoms with Crippen molar-refractivity contribution in [2.45, 2.75) is 117 Å². The van der Waals surface area contributed by atoms with Crippen molar-refractivity contribution in [1.82, 2.24) is 21.3 Å². The summed E-state index contributed by atoms with van der Waals surface area (Å²) in [5.41, 5.74) is 0.661. The molecule has 1 rings (SSSR count). The molecule has 1 aromatic rings. The summed E-state index contributed by atoms with van der Waals surface area (Å²) in [6, 6.07) is 5.92. The van der Waals surface area contributed by atoms with Crippen molar-refractivity contribution in [2.75, 3.05) is 13.1 Å². The Bertz CT molecular complexity index is 1110. The van der Waals surface area contributed by atoms with Crippen molar-refractivity contribution in [3.05, 3.63) is 29.8 Å². The number of unbranched alkanes of at least 4 members (excludes halogenated alkanes) is 4. The van der Waals surface area contributed by atoms with Crippen LogP contribution in [0.15, 0.2) is 24.3 Å². The van der Waals surface area contributed by atoms with Crippen LogP contribution in [0.4, 0.5) is 0 Å². The molecular weight excluding hydrogens is 699 g/mol. The van der Waals surface area contributed by atoms with Gasteiger partial charge >= 0.3 is 205 Å². The number of hydrogen-bond donors (Lipinski definition) is 6. The first kappa shape index (κ1) is 40.9. The van der Waals surface area contributed by atoms with E-state index >= 15 is 0 Å². The van der Waals surface area contributed by atoms with Gasteiger partial charge in [-0.05, 0) is 6.42 Å². The average molecular weight is 754 g/mol. The summed E-state index contributed by atoms with van der Waals surface area (Å²) < 4.78 is 5.38. The fourth-order valence-electron chi connectivity index (χ4n) is 5.55. The molecule has 0 spiro atoms. The number of hydrogen-bond acceptors (Lipinski definition) is 6. The monoisotopic (exact) mass is 754 g/mol. The van der Waals surface area contributed by atoms with E-state index in [2.05, 4.69) is 54.2 Å². The van der Waals surface area contributed by atoms with Crippen molar-refractivity contribution in [1.29, 1.82) is 0 Å². The minimum absolute atomic E-state index is 0.123. The number of carboxylic acids is 2. The quantitative estimate of drug-likeness (QED) is 0.0472. The van der Waals surface area contributed by atoms with Crippen molar-refractivity contribution >= 4 is 58.0 Å². The van der Waals surface area contributed by atoms with Crippen molar-refractivity contribution < 1.29 is 39.0 Å². The predicted octanol–water partition coefficient (Wildman–Crippen LogP) is 3.31. The molecule has 0 aromatic heterocycles. The molecule has 0 aliphatic rings. The number of amides is 4. The Morgan fingerprint density at radius 3 is 2.00 bits per heavy atom. The molecule has 2 atom stereocenters. The van der Waals surface area contributed by atoms with Crippen LogP contribution in [-0.2, 0) is 24.0 Å². The minimum atomic E-state index is -2.68. The van der Waals surface area contributed by atoms with Gasteiger partial charge in [0.15, 0.2) is 0 Å². The maximum atomic E-state index is 13.1. The number of benzene rings is 1. The van der Waals surface area contributed by atoms with E-state index in [9.17, 15) is 33.9 Å². The molecule has 6 N–H and O–H groups in total. The third-order valence-corrected chi connectivity index (χ3v) is 23.9. The van der Waals surface area contributed by atoms with Crippen molar-refractivity contribution in [3.8, 4) is 0 Å². The first-order chi connectivity index (χ1) is 22.0. The molecule has 2 unspecified atom stereocenters. The molecule has 46 heavy (non-hydrogen) atoms. The van der Waals surface area contributed by atoms with E-state index in [0.717, 1.165) is 0 Å². The van der Waals surface area contributed by atoms with Gasteiger partial charge in [0, 0.05) is 6.42 Å². The first-order valence-corrected chi connectivity index (χ1v) is 24.1. The maximum absolute atomic E-state index is 13.1. The van der Waals surface area contributed by atoms with Crippen LogP contribution < -0.4 is 24.8 Å². The number of carbonyl (C=O) groups excluding carboxylic acids is 4. The van der Waals surface area contributed by atoms with E-state index in [1.54, 1.807) is 0 Å². The molecule has 13 heteroatoms. The molecular formula is C33H54N4O8Sn. The van der Waals surface area contributed by atoms with Crippen LogP contribution in [0.3, 0.4) is 0 Å². The normalized spacial score (nSPS) is 12.4. The van der Waals surface area contributed by atoms with Gasteiger partial charge in [-0.2, -0.15) is 0 Å². The van der Waals surface area contributed by atoms with Gasteiger partial charge in [-0.1, -0.05) is 0 Å². The van der Waals surface area contributed by atoms with Gasteiger partial charge in [0.05, 0.1) is 6.54 Å². The van der Waals surface area contributed by atoms with Crippen LogP contribution >= 0.6 is 0 Å². The summed E-state index contributed by atoms with van der Waals surface area (Å²) >= 11 is -2.68. The summed E-state index contributed by atoms with van der Waals surface area (Å²) in [6.07, 6.45) is 8.03. The average Bonchev–Trinajstić information content (AvgIpc) is 3.04. The third kappa shape index (κ3) is 15.4. The number of nitrogens with one attached hydrogen (secondary N) is 4. The zero-order valence-corrected chi connectivity index (χ0v) is 30.6. The van der Waals surface area contributed by atoms with E-state index < -0.39 is 60.8 Å². The molecule has 0 saturated heterocycles. The molecule has 1 aromatic carbocycles. The SMILES string of the molecule is CCC[CH2][Sn]([CH2]CCC)([CH2]CCC)[c]1cccc(C(=O)NCCCCC(NC(=O)CNC(=O)C(CCC(=O)O)NC=O)C(=O)O)c1. The van der Waals surface area contributed by atoms with Crippen LogP contribution in [0.1, 0.15) is 102 Å². The molecule has 0 saturated carbocycles. The van der Waals surface area contributed by atoms with Crippen LogP contribution in [0.2, 0.25) is 13.3 Å². The Hall–Kier alpha value is -3.16. The van der Waals surface area contributed by atoms with Gasteiger partial charge in [-0.15, -0.1) is 0 Å². The number of aliphatic carboxylic acids is 2. The molecule has 258 valence electrons. The summed E-state index contributed by atoms with van der Waals surface area (Å²) in [6.45, 7) is 6.55. The summed E-state index contributed by atoms with van der Waals surface area (Å²) in [5, 5.41) is 28.1. The fourth-order valence-corrected chi connectivity index (χ4v) is 21.6. The van der Waals surface area contributed by atoms with E-state index in [-0.39, 0.29) is 31.6 Å². The van der Waals surface area contributed by atoms with Crippen LogP contribution in [0.5, 0.6) is 0 Å². The first-order valence-electron chi connectivity index (χ1n) is 16.6. The van der Waals surface area contributed by atoms with Crippen molar-refractivity contribution in [3.63, 3.8) is 0 Å². The van der Waals surface area contributed by atoms with E-state index in [4.69, 9.17) is 5.11 Å². The summed E-state index contributed by atoms with van der Waals surface area (Å²) in [7, 11) is 0. The Balaban J connectivity index is 2.67. The number of carbonyl (C=O) groups is 6. The van der Waals surface area contributed by atoms with Gasteiger partial charge < -0.3 is 15.7 Å². The zero-order valence-electron chi connectivity index (χ0n) is 27.7. The van der Waals surface area contributed by atoms with Crippen LogP contribution in [0, 0.1) is 0 Å². The standard InChI is InChI=1S/C21H27N4O8.3C4H9.Sn/c26-13-24-15(9-10-18(28)29)20(31)23-12-17(27)25-16(21(32)33)8-4-5-11-22-19(30)14-6-2-1-3-7-14;3*1-3-4-2;/h1-2,6-7,13,15-16H,4-5,8-12H2,(H,22,30)(H,23,31)(H,24,26)(H,25,27)(H,28,29)(H,32,33);3*1,3-4H2,2H3;. The van der Waals surface area contributed by atoms with E-state index in [0.29, 0.717) is 24.9 Å². The molecule has 0 bridgehead atoms. The van der Waals surface area contributed by atoms with E-state index in [1.165, 1.54) is 55.4 Å². The number of rotatable bonds is 26.